The quantitative estimate of drug-likeness (QED) is 0.645. The van der Waals surface area contributed by atoms with Crippen molar-refractivity contribution in [2.45, 2.75) is 36.0 Å². The third kappa shape index (κ3) is 3.36. The zero-order valence-corrected chi connectivity index (χ0v) is 12.8. The Morgan fingerprint density at radius 3 is 2.78 bits per heavy atom. The first kappa shape index (κ1) is 5.99. The van der Waals surface area contributed by atoms with Crippen LogP contribution in [0.2, 0.25) is 3.93 Å². The summed E-state index contributed by atoms with van der Waals surface area (Å²) in [6, 6.07) is 0. The Hall–Kier alpha value is 1.42. The Morgan fingerprint density at radius 2 is 2.22 bits per heavy atom. The summed E-state index contributed by atoms with van der Waals surface area (Å²) in [5.41, 5.74) is 0. The molecular weight excluding hydrogens is 365 g/mol. The van der Waals surface area contributed by atoms with Crippen molar-refractivity contribution in [3.05, 3.63) is 0 Å². The Kier molecular flexibility index (Phi) is 3.41. The molecule has 0 atom stereocenters. The molecule has 0 spiro atoms. The molecule has 1 saturated carbocycles. The van der Waals surface area contributed by atoms with Crippen LogP contribution in [0.3, 0.4) is 0 Å². The van der Waals surface area contributed by atoms with Crippen molar-refractivity contribution in [1.29, 1.82) is 0 Å². The van der Waals surface area contributed by atoms with E-state index in [-0.39, 0.29) is 0 Å². The first-order valence-electron chi connectivity index (χ1n) is 4.70. The summed E-state index contributed by atoms with van der Waals surface area (Å²) in [5, 5.41) is 0. The van der Waals surface area contributed by atoms with Crippen LogP contribution in [0.25, 0.3) is 0 Å². The number of halogens is 1. The van der Waals surface area contributed by atoms with E-state index in [0.717, 1.165) is 31.6 Å². The fourth-order valence-corrected chi connectivity index (χ4v) is 10.5. The molecule has 1 aliphatic rings. The van der Waals surface area contributed by atoms with Crippen molar-refractivity contribution >= 4 is 11.9 Å². The van der Waals surface area contributed by atoms with Gasteiger partial charge in [-0.1, -0.05) is 0 Å². The van der Waals surface area contributed by atoms with Crippen molar-refractivity contribution in [2.75, 3.05) is 0 Å². The maximum atomic E-state index is 7.52. The van der Waals surface area contributed by atoms with E-state index in [0.29, 0.717) is 0 Å². The van der Waals surface area contributed by atoms with Crippen molar-refractivity contribution in [2.24, 2.45) is 5.92 Å². The zero-order valence-electron chi connectivity index (χ0n) is 7.70. The first-order chi connectivity index (χ1) is 5.14. The van der Waals surface area contributed by atoms with Crippen LogP contribution in [0.15, 0.2) is 0 Å². The summed E-state index contributed by atoms with van der Waals surface area (Å²) >= 11 is 3.04. The van der Waals surface area contributed by atoms with E-state index in [1.54, 1.807) is 0 Å². The van der Waals surface area contributed by atoms with Gasteiger partial charge in [0.05, 0.1) is 0 Å². The van der Waals surface area contributed by atoms with E-state index in [2.05, 4.69) is 11.9 Å². The van der Waals surface area contributed by atoms with Gasteiger partial charge in [-0.05, 0) is 0 Å². The average molecular weight is 380 g/mol. The molecule has 0 N–H and O–H groups in total. The molecule has 1 fully saturated rings. The van der Waals surface area contributed by atoms with Crippen molar-refractivity contribution in [1.82, 2.24) is 0 Å². The van der Waals surface area contributed by atoms with E-state index in [1.807, 2.05) is 0 Å². The van der Waals surface area contributed by atoms with Gasteiger partial charge in [-0.2, -0.15) is 0 Å². The van der Waals surface area contributed by atoms with Gasteiger partial charge in [0.2, 0.25) is 0 Å². The monoisotopic (exact) mass is 380 g/mol. The zero-order chi connectivity index (χ0) is 8.32. The predicted octanol–water partition coefficient (Wildman–Crippen LogP) is 3.38. The molecule has 0 aliphatic heterocycles. The first-order valence-corrected chi connectivity index (χ1v) is 19.5. The number of hydrogen-bond donors (Lipinski definition) is 0. The average Bonchev–Trinajstić information content (AvgIpc) is 1.94. The molecule has 0 aromatic rings. The second-order valence-corrected chi connectivity index (χ2v) is 13.3. The van der Waals surface area contributed by atoms with Crippen LogP contribution in [0.5, 0.6) is 0 Å². The molecular formula is C7H13BrHg. The topological polar surface area (TPSA) is 0 Å². The van der Waals surface area contributed by atoms with Crippen molar-refractivity contribution < 1.29 is 24.9 Å². The van der Waals surface area contributed by atoms with Crippen LogP contribution in [0, 0.1) is 5.92 Å². The predicted molar refractivity (Wildman–Crippen MR) is 40.3 cm³/mol. The second-order valence-electron chi connectivity index (χ2n) is 2.67. The normalized spacial score (nSPS) is 30.3. The molecule has 2 heteroatoms. The SMILES string of the molecule is [2H]C1([2H])CCC([CH2][Hg][Br])CC1. The Morgan fingerprint density at radius 1 is 1.56 bits per heavy atom. The maximum absolute atomic E-state index is 7.52. The van der Waals surface area contributed by atoms with Gasteiger partial charge >= 0.3 is 78.7 Å². The van der Waals surface area contributed by atoms with E-state index in [1.165, 1.54) is 3.93 Å². The number of rotatable bonds is 2. The van der Waals surface area contributed by atoms with Crippen LogP contribution in [0.1, 0.15) is 34.8 Å². The van der Waals surface area contributed by atoms with Gasteiger partial charge in [0.1, 0.15) is 0 Å². The fraction of sp³-hybridized carbons (Fsp3) is 1.00. The summed E-state index contributed by atoms with van der Waals surface area (Å²) in [6.07, 6.45) is 3.05. The van der Waals surface area contributed by atoms with Crippen molar-refractivity contribution in [3.8, 4) is 0 Å². The van der Waals surface area contributed by atoms with Crippen LogP contribution < -0.4 is 0 Å². The second kappa shape index (κ2) is 5.12. The summed E-state index contributed by atoms with van der Waals surface area (Å²) in [7, 11) is 0. The summed E-state index contributed by atoms with van der Waals surface area (Å²) in [5.74, 6) is 0.875. The Labute approximate surface area is 78.3 Å². The fourth-order valence-electron chi connectivity index (χ4n) is 1.32. The molecule has 50 valence electrons. The molecule has 0 bridgehead atoms. The number of hydrogen-bond acceptors (Lipinski definition) is 0. The van der Waals surface area contributed by atoms with Gasteiger partial charge in [0.15, 0.2) is 0 Å². The Bertz CT molecular complexity index is 120. The van der Waals surface area contributed by atoms with Crippen LogP contribution in [-0.4, -0.2) is 0 Å². The van der Waals surface area contributed by atoms with E-state index in [4.69, 9.17) is 2.74 Å². The minimum atomic E-state index is -0.834. The third-order valence-electron chi connectivity index (χ3n) is 1.98. The molecule has 0 aromatic heterocycles. The van der Waals surface area contributed by atoms with Gasteiger partial charge in [0.25, 0.3) is 0 Å². The third-order valence-corrected chi connectivity index (χ3v) is 10.0. The molecule has 0 amide bonds. The van der Waals surface area contributed by atoms with Gasteiger partial charge in [-0.25, -0.2) is 0 Å². The molecule has 9 heavy (non-hydrogen) atoms. The molecule has 0 heterocycles. The van der Waals surface area contributed by atoms with Crippen LogP contribution in [-0.2, 0) is 22.1 Å². The molecule has 0 nitrogen and oxygen atoms in total. The van der Waals surface area contributed by atoms with Crippen LogP contribution >= 0.6 is 11.9 Å². The van der Waals surface area contributed by atoms with E-state index in [9.17, 15) is 0 Å². The van der Waals surface area contributed by atoms with Gasteiger partial charge in [0, 0.05) is 0 Å². The molecule has 0 unspecified atom stereocenters. The van der Waals surface area contributed by atoms with Crippen molar-refractivity contribution in [3.63, 3.8) is 0 Å². The Balaban J connectivity index is 2.25. The molecule has 0 radical (unpaired) electrons. The van der Waals surface area contributed by atoms with Gasteiger partial charge in [-0.3, -0.25) is 0 Å². The van der Waals surface area contributed by atoms with Gasteiger partial charge < -0.3 is 0 Å². The molecule has 1 rings (SSSR count). The molecule has 1 aliphatic carbocycles. The standard InChI is InChI=1S/C7H13.BrH.Hg/c1-7-5-3-2-4-6-7;;/h7H,1-6H2;1H;/q;;+1/p-1/i2D2;;. The van der Waals surface area contributed by atoms with E-state index >= 15 is 0 Å². The van der Waals surface area contributed by atoms with Crippen LogP contribution in [0.4, 0.5) is 0 Å². The van der Waals surface area contributed by atoms with Gasteiger partial charge in [-0.15, -0.1) is 0 Å². The molecule has 0 saturated heterocycles. The molecule has 0 aromatic carbocycles. The summed E-state index contributed by atoms with van der Waals surface area (Å²) < 4.78 is 16.5. The minimum absolute atomic E-state index is 0.605. The summed E-state index contributed by atoms with van der Waals surface area (Å²) in [6.45, 7) is 0. The van der Waals surface area contributed by atoms with E-state index < -0.39 is 28.5 Å². The summed E-state index contributed by atoms with van der Waals surface area (Å²) in [4.78, 5) is 0.